The second kappa shape index (κ2) is 5.55. The predicted molar refractivity (Wildman–Crippen MR) is 94.2 cm³/mol. The van der Waals surface area contributed by atoms with Crippen LogP contribution in [0.4, 0.5) is 0 Å². The first-order valence-electron chi connectivity index (χ1n) is 8.79. The minimum absolute atomic E-state index is 0.0367. The van der Waals surface area contributed by atoms with E-state index in [2.05, 4.69) is 12.1 Å². The highest BCUT2D eigenvalue weighted by Gasteiger charge is 2.43. The minimum Gasteiger partial charge on any atom is -0.396 e. The van der Waals surface area contributed by atoms with Gasteiger partial charge in [0.05, 0.1) is 17.7 Å². The number of carbonyl (C=O) groups excluding carboxylic acids is 1. The molecule has 2 saturated carbocycles. The Kier molecular flexibility index (Phi) is 3.61. The summed E-state index contributed by atoms with van der Waals surface area (Å²) in [6, 6.07) is 8.12. The van der Waals surface area contributed by atoms with Gasteiger partial charge in [0.2, 0.25) is 0 Å². The topological polar surface area (TPSA) is 53.4 Å². The molecule has 0 bridgehead atoms. The fourth-order valence-corrected chi connectivity index (χ4v) is 3.45. The monoisotopic (exact) mass is 324 g/mol. The van der Waals surface area contributed by atoms with Crippen molar-refractivity contribution in [1.82, 2.24) is 9.88 Å². The maximum Gasteiger partial charge on any atom is 0.254 e. The third-order valence-corrected chi connectivity index (χ3v) is 5.42. The number of aliphatic hydroxyl groups is 1. The number of carbonyl (C=O) groups is 1. The molecule has 0 radical (unpaired) electrons. The quantitative estimate of drug-likeness (QED) is 0.918. The van der Waals surface area contributed by atoms with Crippen LogP contribution in [0.5, 0.6) is 0 Å². The van der Waals surface area contributed by atoms with Crippen molar-refractivity contribution in [3.8, 4) is 0 Å². The van der Waals surface area contributed by atoms with E-state index in [1.165, 1.54) is 12.8 Å². The molecule has 1 aromatic heterocycles. The van der Waals surface area contributed by atoms with Crippen molar-refractivity contribution in [2.75, 3.05) is 20.2 Å². The number of hydrogen-bond acceptors (Lipinski definition) is 3. The number of nitrogens with zero attached hydrogens (tertiary/aromatic N) is 2. The van der Waals surface area contributed by atoms with Gasteiger partial charge in [0.15, 0.2) is 0 Å². The summed E-state index contributed by atoms with van der Waals surface area (Å²) in [5.41, 5.74) is 3.77. The van der Waals surface area contributed by atoms with Crippen LogP contribution in [-0.2, 0) is 0 Å². The lowest BCUT2D eigenvalue weighted by Crippen LogP contribution is -2.34. The number of aromatic nitrogens is 1. The first-order valence-corrected chi connectivity index (χ1v) is 8.79. The highest BCUT2D eigenvalue weighted by Crippen LogP contribution is 2.46. The molecule has 24 heavy (non-hydrogen) atoms. The van der Waals surface area contributed by atoms with Gasteiger partial charge >= 0.3 is 0 Å². The van der Waals surface area contributed by atoms with E-state index in [4.69, 9.17) is 4.98 Å². The Morgan fingerprint density at radius 1 is 1.33 bits per heavy atom. The largest absolute Gasteiger partial charge is 0.396 e. The Morgan fingerprint density at radius 3 is 2.71 bits per heavy atom. The van der Waals surface area contributed by atoms with Gasteiger partial charge in [0.25, 0.3) is 5.91 Å². The van der Waals surface area contributed by atoms with Crippen molar-refractivity contribution >= 4 is 16.8 Å². The molecule has 0 aliphatic heterocycles. The van der Waals surface area contributed by atoms with Crippen LogP contribution in [0.25, 0.3) is 10.9 Å². The summed E-state index contributed by atoms with van der Waals surface area (Å²) >= 11 is 0. The van der Waals surface area contributed by atoms with Crippen LogP contribution in [0.15, 0.2) is 24.3 Å². The molecular formula is C20H24N2O2. The molecule has 1 N–H and O–H groups in total. The van der Waals surface area contributed by atoms with E-state index in [0.29, 0.717) is 12.5 Å². The first kappa shape index (κ1) is 15.6. The maximum atomic E-state index is 13.1. The van der Waals surface area contributed by atoms with Gasteiger partial charge in [-0.25, -0.2) is 0 Å². The van der Waals surface area contributed by atoms with Crippen molar-refractivity contribution in [2.45, 2.75) is 38.5 Å². The van der Waals surface area contributed by atoms with Gasteiger partial charge in [0, 0.05) is 36.0 Å². The Hall–Kier alpha value is -1.94. The lowest BCUT2D eigenvalue weighted by Gasteiger charge is -2.23. The summed E-state index contributed by atoms with van der Waals surface area (Å²) in [6.07, 6.45) is 4.35. The van der Waals surface area contributed by atoms with Crippen LogP contribution >= 0.6 is 0 Å². The zero-order valence-electron chi connectivity index (χ0n) is 14.4. The molecule has 4 heteroatoms. The predicted octanol–water partition coefficient (Wildman–Crippen LogP) is 3.27. The fourth-order valence-electron chi connectivity index (χ4n) is 3.45. The molecule has 0 atom stereocenters. The number of rotatable bonds is 5. The lowest BCUT2D eigenvalue weighted by atomic mass is 10.0. The van der Waals surface area contributed by atoms with Crippen LogP contribution in [-0.4, -0.2) is 41.1 Å². The van der Waals surface area contributed by atoms with E-state index < -0.39 is 0 Å². The molecule has 2 fully saturated rings. The number of aliphatic hydroxyl groups excluding tert-OH is 1. The third kappa shape index (κ3) is 2.80. The van der Waals surface area contributed by atoms with Crippen LogP contribution in [0, 0.1) is 12.3 Å². The van der Waals surface area contributed by atoms with Crippen molar-refractivity contribution in [2.24, 2.45) is 5.41 Å². The molecule has 2 aliphatic rings. The average molecular weight is 324 g/mol. The maximum absolute atomic E-state index is 13.1. The Balaban J connectivity index is 1.73. The highest BCUT2D eigenvalue weighted by atomic mass is 16.3. The highest BCUT2D eigenvalue weighted by molar-refractivity contribution is 6.06. The van der Waals surface area contributed by atoms with Crippen molar-refractivity contribution in [3.05, 3.63) is 41.1 Å². The number of amides is 1. The SMILES string of the molecule is Cc1ccc2nc(C3CC3)cc(C(=O)N(C)CC3(CO)CC3)c2c1. The van der Waals surface area contributed by atoms with Crippen molar-refractivity contribution in [3.63, 3.8) is 0 Å². The van der Waals surface area contributed by atoms with Gasteiger partial charge in [-0.3, -0.25) is 9.78 Å². The molecule has 0 spiro atoms. The standard InChI is InChI=1S/C20H24N2O2/c1-13-3-6-17-15(9-13)16(10-18(21-17)14-4-5-14)19(24)22(2)11-20(12-23)7-8-20/h3,6,9-10,14,23H,4-5,7-8,11-12H2,1-2H3. The van der Waals surface area contributed by atoms with E-state index in [1.807, 2.05) is 26.1 Å². The zero-order valence-corrected chi connectivity index (χ0v) is 14.4. The lowest BCUT2D eigenvalue weighted by molar-refractivity contribution is 0.0735. The van der Waals surface area contributed by atoms with Crippen LogP contribution < -0.4 is 0 Å². The van der Waals surface area contributed by atoms with Crippen LogP contribution in [0.3, 0.4) is 0 Å². The number of fused-ring (bicyclic) bond motifs is 1. The molecular weight excluding hydrogens is 300 g/mol. The Morgan fingerprint density at radius 2 is 2.08 bits per heavy atom. The van der Waals surface area contributed by atoms with Gasteiger partial charge in [-0.05, 0) is 50.8 Å². The molecule has 126 valence electrons. The molecule has 4 rings (SSSR count). The fraction of sp³-hybridized carbons (Fsp3) is 0.500. The minimum atomic E-state index is -0.0670. The normalized spacial score (nSPS) is 18.6. The number of benzene rings is 1. The van der Waals surface area contributed by atoms with E-state index in [1.54, 1.807) is 4.90 Å². The average Bonchev–Trinajstić information content (AvgIpc) is 3.47. The third-order valence-electron chi connectivity index (χ3n) is 5.42. The molecule has 1 aromatic carbocycles. The van der Waals surface area contributed by atoms with Crippen LogP contribution in [0.1, 0.15) is 53.2 Å². The molecule has 4 nitrogen and oxygen atoms in total. The second-order valence-corrected chi connectivity index (χ2v) is 7.71. The van der Waals surface area contributed by atoms with E-state index in [0.717, 1.165) is 40.6 Å². The Bertz CT molecular complexity index is 807. The van der Waals surface area contributed by atoms with Gasteiger partial charge in [-0.1, -0.05) is 11.6 Å². The number of pyridine rings is 1. The smallest absolute Gasteiger partial charge is 0.254 e. The van der Waals surface area contributed by atoms with Crippen molar-refractivity contribution < 1.29 is 9.90 Å². The van der Waals surface area contributed by atoms with Crippen LogP contribution in [0.2, 0.25) is 0 Å². The Labute approximate surface area is 142 Å². The van der Waals surface area contributed by atoms with Gasteiger partial charge in [0.1, 0.15) is 0 Å². The van der Waals surface area contributed by atoms with E-state index in [-0.39, 0.29) is 17.9 Å². The van der Waals surface area contributed by atoms with E-state index in [9.17, 15) is 9.90 Å². The summed E-state index contributed by atoms with van der Waals surface area (Å²) in [6.45, 7) is 2.82. The summed E-state index contributed by atoms with van der Waals surface area (Å²) in [7, 11) is 1.84. The van der Waals surface area contributed by atoms with E-state index >= 15 is 0 Å². The molecule has 2 aromatic rings. The summed E-state index contributed by atoms with van der Waals surface area (Å²) < 4.78 is 0. The summed E-state index contributed by atoms with van der Waals surface area (Å²) in [5.74, 6) is 0.550. The molecule has 0 unspecified atom stereocenters. The summed E-state index contributed by atoms with van der Waals surface area (Å²) in [5, 5.41) is 10.5. The van der Waals surface area contributed by atoms with Gasteiger partial charge < -0.3 is 10.0 Å². The summed E-state index contributed by atoms with van der Waals surface area (Å²) in [4.78, 5) is 19.7. The molecule has 0 saturated heterocycles. The van der Waals surface area contributed by atoms with Gasteiger partial charge in [-0.2, -0.15) is 0 Å². The number of hydrogen-bond donors (Lipinski definition) is 1. The second-order valence-electron chi connectivity index (χ2n) is 7.71. The first-order chi connectivity index (χ1) is 11.5. The number of aryl methyl sites for hydroxylation is 1. The van der Waals surface area contributed by atoms with Crippen molar-refractivity contribution in [1.29, 1.82) is 0 Å². The molecule has 1 amide bonds. The zero-order chi connectivity index (χ0) is 16.9. The molecule has 2 aliphatic carbocycles. The molecule has 1 heterocycles. The van der Waals surface area contributed by atoms with Gasteiger partial charge in [-0.15, -0.1) is 0 Å².